The Morgan fingerprint density at radius 1 is 1.47 bits per heavy atom. The van der Waals surface area contributed by atoms with E-state index in [4.69, 9.17) is 4.74 Å². The minimum absolute atomic E-state index is 0.0341. The molecular weight excluding hydrogens is 216 g/mol. The Bertz CT molecular complexity index is 270. The molecule has 98 valence electrons. The molecule has 0 bridgehead atoms. The highest BCUT2D eigenvalue weighted by atomic mass is 16.5. The van der Waals surface area contributed by atoms with Crippen LogP contribution in [0.3, 0.4) is 0 Å². The van der Waals surface area contributed by atoms with Gasteiger partial charge in [0, 0.05) is 19.1 Å². The van der Waals surface area contributed by atoms with E-state index in [0.717, 1.165) is 32.5 Å². The zero-order valence-electron chi connectivity index (χ0n) is 10.9. The van der Waals surface area contributed by atoms with Gasteiger partial charge in [-0.15, -0.1) is 0 Å². The van der Waals surface area contributed by atoms with E-state index in [-0.39, 0.29) is 12.0 Å². The normalized spacial score (nSPS) is 33.3. The molecule has 0 aromatic heterocycles. The second-order valence-electron chi connectivity index (χ2n) is 5.38. The molecule has 0 radical (unpaired) electrons. The van der Waals surface area contributed by atoms with Crippen LogP contribution >= 0.6 is 0 Å². The maximum atomic E-state index is 12.4. The molecule has 0 aromatic carbocycles. The van der Waals surface area contributed by atoms with Crippen molar-refractivity contribution in [3.63, 3.8) is 0 Å². The summed E-state index contributed by atoms with van der Waals surface area (Å²) in [6.45, 7) is 8.44. The summed E-state index contributed by atoms with van der Waals surface area (Å²) in [5.41, 5.74) is 0. The fourth-order valence-electron chi connectivity index (χ4n) is 2.70. The second-order valence-corrected chi connectivity index (χ2v) is 5.38. The van der Waals surface area contributed by atoms with E-state index in [1.807, 2.05) is 4.90 Å². The minimum Gasteiger partial charge on any atom is -0.379 e. The van der Waals surface area contributed by atoms with Crippen molar-refractivity contribution >= 4 is 5.91 Å². The van der Waals surface area contributed by atoms with Crippen LogP contribution in [0.2, 0.25) is 0 Å². The molecule has 0 aliphatic carbocycles. The third-order valence-electron chi connectivity index (χ3n) is 3.79. The standard InChI is InChI=1S/C13H24N2O2/c1-3-5-14-12-9-17-8-11(12)13(16)15-6-4-10(2)7-15/h10-12,14H,3-9H2,1-2H3. The zero-order valence-corrected chi connectivity index (χ0v) is 10.9. The molecule has 0 aromatic rings. The average Bonchev–Trinajstić information content (AvgIpc) is 2.94. The van der Waals surface area contributed by atoms with Gasteiger partial charge >= 0.3 is 0 Å². The predicted molar refractivity (Wildman–Crippen MR) is 66.8 cm³/mol. The van der Waals surface area contributed by atoms with Gasteiger partial charge in [0.05, 0.1) is 19.1 Å². The van der Waals surface area contributed by atoms with Crippen molar-refractivity contribution in [3.8, 4) is 0 Å². The van der Waals surface area contributed by atoms with Crippen LogP contribution < -0.4 is 5.32 Å². The van der Waals surface area contributed by atoms with Crippen molar-refractivity contribution < 1.29 is 9.53 Å². The number of carbonyl (C=O) groups is 1. The molecular formula is C13H24N2O2. The lowest BCUT2D eigenvalue weighted by molar-refractivity contribution is -0.135. The molecule has 3 atom stereocenters. The number of nitrogens with one attached hydrogen (secondary N) is 1. The first kappa shape index (κ1) is 12.8. The first-order chi connectivity index (χ1) is 8.22. The third kappa shape index (κ3) is 2.99. The van der Waals surface area contributed by atoms with Crippen LogP contribution in [0.15, 0.2) is 0 Å². The fraction of sp³-hybridized carbons (Fsp3) is 0.923. The Labute approximate surface area is 104 Å². The molecule has 4 heteroatoms. The number of ether oxygens (including phenoxy) is 1. The van der Waals surface area contributed by atoms with Gasteiger partial charge < -0.3 is 15.0 Å². The summed E-state index contributed by atoms with van der Waals surface area (Å²) in [6, 6.07) is 0.221. The van der Waals surface area contributed by atoms with Crippen LogP contribution in [0.1, 0.15) is 26.7 Å². The van der Waals surface area contributed by atoms with Gasteiger partial charge in [-0.25, -0.2) is 0 Å². The van der Waals surface area contributed by atoms with Crippen molar-refractivity contribution in [1.82, 2.24) is 10.2 Å². The molecule has 0 spiro atoms. The van der Waals surface area contributed by atoms with E-state index in [0.29, 0.717) is 25.0 Å². The van der Waals surface area contributed by atoms with Crippen LogP contribution in [0.5, 0.6) is 0 Å². The van der Waals surface area contributed by atoms with E-state index in [1.54, 1.807) is 0 Å². The van der Waals surface area contributed by atoms with Gasteiger partial charge in [-0.2, -0.15) is 0 Å². The monoisotopic (exact) mass is 240 g/mol. The lowest BCUT2D eigenvalue weighted by Crippen LogP contribution is -2.45. The van der Waals surface area contributed by atoms with Gasteiger partial charge in [0.1, 0.15) is 0 Å². The van der Waals surface area contributed by atoms with Gasteiger partial charge in [-0.05, 0) is 25.3 Å². The van der Waals surface area contributed by atoms with Crippen molar-refractivity contribution in [1.29, 1.82) is 0 Å². The second kappa shape index (κ2) is 5.83. The number of rotatable bonds is 4. The summed E-state index contributed by atoms with van der Waals surface area (Å²) in [6.07, 6.45) is 2.24. The molecule has 2 saturated heterocycles. The molecule has 17 heavy (non-hydrogen) atoms. The molecule has 1 amide bonds. The highest BCUT2D eigenvalue weighted by molar-refractivity contribution is 5.80. The summed E-state index contributed by atoms with van der Waals surface area (Å²) in [4.78, 5) is 14.4. The van der Waals surface area contributed by atoms with Crippen LogP contribution in [0.4, 0.5) is 0 Å². The number of nitrogens with zero attached hydrogens (tertiary/aromatic N) is 1. The Morgan fingerprint density at radius 3 is 2.94 bits per heavy atom. The molecule has 2 fully saturated rings. The summed E-state index contributed by atoms with van der Waals surface area (Å²) < 4.78 is 5.46. The fourth-order valence-corrected chi connectivity index (χ4v) is 2.70. The highest BCUT2D eigenvalue weighted by Gasteiger charge is 2.37. The molecule has 2 heterocycles. The topological polar surface area (TPSA) is 41.6 Å². The lowest BCUT2D eigenvalue weighted by atomic mass is 10.0. The Morgan fingerprint density at radius 2 is 2.29 bits per heavy atom. The van der Waals surface area contributed by atoms with Crippen molar-refractivity contribution in [2.75, 3.05) is 32.8 Å². The first-order valence-corrected chi connectivity index (χ1v) is 6.82. The molecule has 2 aliphatic rings. The van der Waals surface area contributed by atoms with E-state index in [9.17, 15) is 4.79 Å². The minimum atomic E-state index is 0.0341. The Hall–Kier alpha value is -0.610. The molecule has 2 aliphatic heterocycles. The number of hydrogen-bond donors (Lipinski definition) is 1. The molecule has 2 rings (SSSR count). The van der Waals surface area contributed by atoms with Crippen LogP contribution in [0.25, 0.3) is 0 Å². The van der Waals surface area contributed by atoms with Crippen LogP contribution in [-0.2, 0) is 9.53 Å². The van der Waals surface area contributed by atoms with Crippen molar-refractivity contribution in [2.45, 2.75) is 32.7 Å². The van der Waals surface area contributed by atoms with Gasteiger partial charge in [0.25, 0.3) is 0 Å². The summed E-state index contributed by atoms with van der Waals surface area (Å²) in [5, 5.41) is 3.42. The zero-order chi connectivity index (χ0) is 12.3. The Balaban J connectivity index is 1.89. The number of likely N-dealkylation sites (tertiary alicyclic amines) is 1. The maximum absolute atomic E-state index is 12.4. The highest BCUT2D eigenvalue weighted by Crippen LogP contribution is 2.22. The molecule has 3 unspecified atom stereocenters. The van der Waals surface area contributed by atoms with Gasteiger partial charge in [-0.1, -0.05) is 13.8 Å². The lowest BCUT2D eigenvalue weighted by Gasteiger charge is -2.24. The summed E-state index contributed by atoms with van der Waals surface area (Å²) in [5.74, 6) is 0.982. The molecule has 0 saturated carbocycles. The van der Waals surface area contributed by atoms with Crippen molar-refractivity contribution in [3.05, 3.63) is 0 Å². The maximum Gasteiger partial charge on any atom is 0.229 e. The Kier molecular flexibility index (Phi) is 4.40. The largest absolute Gasteiger partial charge is 0.379 e. The summed E-state index contributed by atoms with van der Waals surface area (Å²) >= 11 is 0. The summed E-state index contributed by atoms with van der Waals surface area (Å²) in [7, 11) is 0. The third-order valence-corrected chi connectivity index (χ3v) is 3.79. The van der Waals surface area contributed by atoms with Crippen molar-refractivity contribution in [2.24, 2.45) is 11.8 Å². The smallest absolute Gasteiger partial charge is 0.229 e. The van der Waals surface area contributed by atoms with E-state index in [1.165, 1.54) is 0 Å². The van der Waals surface area contributed by atoms with Crippen LogP contribution in [0, 0.1) is 11.8 Å². The SMILES string of the molecule is CCCNC1COCC1C(=O)N1CCC(C)C1. The predicted octanol–water partition coefficient (Wildman–Crippen LogP) is 0.869. The number of carbonyl (C=O) groups excluding carboxylic acids is 1. The number of hydrogen-bond acceptors (Lipinski definition) is 3. The van der Waals surface area contributed by atoms with Gasteiger partial charge in [0.2, 0.25) is 5.91 Å². The molecule has 4 nitrogen and oxygen atoms in total. The van der Waals surface area contributed by atoms with Gasteiger partial charge in [-0.3, -0.25) is 4.79 Å². The first-order valence-electron chi connectivity index (χ1n) is 6.82. The number of amides is 1. The quantitative estimate of drug-likeness (QED) is 0.793. The van der Waals surface area contributed by atoms with E-state index < -0.39 is 0 Å². The average molecular weight is 240 g/mol. The van der Waals surface area contributed by atoms with E-state index >= 15 is 0 Å². The van der Waals surface area contributed by atoms with Gasteiger partial charge in [0.15, 0.2) is 0 Å². The van der Waals surface area contributed by atoms with E-state index in [2.05, 4.69) is 19.2 Å². The van der Waals surface area contributed by atoms with Crippen LogP contribution in [-0.4, -0.2) is 49.7 Å². The molecule has 1 N–H and O–H groups in total.